The molecule has 0 spiro atoms. The van der Waals surface area contributed by atoms with Gasteiger partial charge in [-0.15, -0.1) is 0 Å². The summed E-state index contributed by atoms with van der Waals surface area (Å²) in [6.45, 7) is 0. The standard InChI is InChI=1S/2C66H42N2/c1-2-13-43(14-3-1)44-25-27-45(28-26-44)46-31-35-52(36-32-46)67-62-23-10-8-20-56(62)60-40-48(33-37-64(60)67)49-34-38-65-61(41-49)57-21-9-11-24-63(57)68(65)53-17-12-16-50(39-53)59-42-51-30-29-47-15-4-5-18-54(47)66(51)58-22-7-6-19-55(58)59;1-2-12-43(13-3-1)44-22-24-45(25-23-44)46-28-34-52(35-29-46)67-62-20-10-8-17-56(62)60-40-49(32-38-64(60)67)50-33-39-65-61(41-50)57-18-9-11-21-63(57)68(65)53-36-30-48(31-37-53)59-42-51-27-26-47-14-4-5-15-54(47)66(51)58-19-7-6-16-55(58)59/h2*1-42H. The Morgan fingerprint density at radius 3 is 0.684 bits per heavy atom. The Kier molecular flexibility index (Phi) is 18.3. The zero-order valence-corrected chi connectivity index (χ0v) is 74.3. The second-order valence-corrected chi connectivity index (χ2v) is 36.1. The van der Waals surface area contributed by atoms with Crippen LogP contribution in [0.3, 0.4) is 0 Å². The van der Waals surface area contributed by atoms with Crippen LogP contribution in [0.15, 0.2) is 510 Å². The summed E-state index contributed by atoms with van der Waals surface area (Å²) in [6.07, 6.45) is 0. The molecule has 0 aliphatic heterocycles. The zero-order valence-electron chi connectivity index (χ0n) is 74.3. The van der Waals surface area contributed by atoms with Crippen molar-refractivity contribution >= 4 is 152 Å². The molecule has 0 saturated carbocycles. The van der Waals surface area contributed by atoms with Crippen LogP contribution in [0.2, 0.25) is 0 Å². The summed E-state index contributed by atoms with van der Waals surface area (Å²) >= 11 is 0. The number of benzene rings is 24. The molecule has 4 nitrogen and oxygen atoms in total. The van der Waals surface area contributed by atoms with Crippen molar-refractivity contribution < 1.29 is 0 Å². The summed E-state index contributed by atoms with van der Waals surface area (Å²) in [5.41, 5.74) is 33.6. The van der Waals surface area contributed by atoms with Crippen LogP contribution in [0.1, 0.15) is 0 Å². The molecule has 24 aromatic carbocycles. The molecular formula is C132H84N4. The molecule has 0 amide bonds. The Morgan fingerprint density at radius 1 is 0.103 bits per heavy atom. The molecule has 0 radical (unpaired) electrons. The Labute approximate surface area is 785 Å². The number of rotatable bonds is 12. The summed E-state index contributed by atoms with van der Waals surface area (Å²) in [7, 11) is 0. The lowest BCUT2D eigenvalue weighted by Crippen LogP contribution is -1.95. The topological polar surface area (TPSA) is 19.7 Å². The Hall–Kier alpha value is -18.0. The first-order valence-electron chi connectivity index (χ1n) is 47.0. The number of fused-ring (bicyclic) bond motifs is 22. The van der Waals surface area contributed by atoms with Gasteiger partial charge in [-0.3, -0.25) is 0 Å². The third-order valence-corrected chi connectivity index (χ3v) is 28.6. The fourth-order valence-electron chi connectivity index (χ4n) is 22.1. The first-order valence-corrected chi connectivity index (χ1v) is 47.0. The summed E-state index contributed by atoms with van der Waals surface area (Å²) in [4.78, 5) is 0. The molecule has 0 bridgehead atoms. The normalized spacial score (nSPS) is 11.8. The van der Waals surface area contributed by atoms with Crippen LogP contribution in [0, 0.1) is 0 Å². The molecule has 0 aliphatic carbocycles. The highest BCUT2D eigenvalue weighted by molar-refractivity contribution is 6.26. The molecule has 632 valence electrons. The molecule has 0 N–H and O–H groups in total. The van der Waals surface area contributed by atoms with Crippen LogP contribution in [0.5, 0.6) is 0 Å². The number of hydrogen-bond acceptors (Lipinski definition) is 0. The lowest BCUT2D eigenvalue weighted by molar-refractivity contribution is 1.18. The molecule has 0 saturated heterocycles. The van der Waals surface area contributed by atoms with Crippen LogP contribution >= 0.6 is 0 Å². The minimum Gasteiger partial charge on any atom is -0.309 e. The average Bonchev–Trinajstić information content (AvgIpc) is 0.946. The molecule has 28 rings (SSSR count). The maximum Gasteiger partial charge on any atom is 0.0541 e. The van der Waals surface area contributed by atoms with Gasteiger partial charge in [0.05, 0.1) is 44.1 Å². The molecule has 0 unspecified atom stereocenters. The van der Waals surface area contributed by atoms with E-state index in [0.29, 0.717) is 0 Å². The van der Waals surface area contributed by atoms with Gasteiger partial charge in [-0.25, -0.2) is 0 Å². The van der Waals surface area contributed by atoms with Crippen LogP contribution in [0.25, 0.3) is 264 Å². The van der Waals surface area contributed by atoms with Crippen molar-refractivity contribution in [2.45, 2.75) is 0 Å². The van der Waals surface area contributed by atoms with Gasteiger partial charge in [0.15, 0.2) is 0 Å². The monoisotopic (exact) mass is 1720 g/mol. The first kappa shape index (κ1) is 77.9. The number of nitrogens with zero attached hydrogens (tertiary/aromatic N) is 4. The van der Waals surface area contributed by atoms with Gasteiger partial charge in [0.1, 0.15) is 0 Å². The third-order valence-electron chi connectivity index (χ3n) is 28.6. The molecule has 28 aromatic rings. The number of hydrogen-bond donors (Lipinski definition) is 0. The molecule has 0 aliphatic rings. The van der Waals surface area contributed by atoms with Crippen LogP contribution in [-0.2, 0) is 0 Å². The van der Waals surface area contributed by atoms with Gasteiger partial charge >= 0.3 is 0 Å². The van der Waals surface area contributed by atoms with E-state index in [1.807, 2.05) is 0 Å². The minimum atomic E-state index is 1.15. The molecule has 4 heterocycles. The Balaban J connectivity index is 0.000000138. The molecule has 4 aromatic heterocycles. The van der Waals surface area contributed by atoms with Crippen molar-refractivity contribution in [2.75, 3.05) is 0 Å². The van der Waals surface area contributed by atoms with Crippen LogP contribution < -0.4 is 0 Å². The zero-order chi connectivity index (χ0) is 89.4. The Bertz CT molecular complexity index is 9670. The number of aromatic nitrogens is 4. The number of para-hydroxylation sites is 4. The fourth-order valence-corrected chi connectivity index (χ4v) is 22.1. The predicted molar refractivity (Wildman–Crippen MR) is 579 cm³/mol. The summed E-state index contributed by atoms with van der Waals surface area (Å²) < 4.78 is 9.68. The Morgan fingerprint density at radius 2 is 0.338 bits per heavy atom. The van der Waals surface area contributed by atoms with Crippen molar-refractivity contribution in [2.24, 2.45) is 0 Å². The van der Waals surface area contributed by atoms with E-state index < -0.39 is 0 Å². The van der Waals surface area contributed by atoms with Crippen molar-refractivity contribution in [3.05, 3.63) is 510 Å². The third kappa shape index (κ3) is 13.0. The highest BCUT2D eigenvalue weighted by Gasteiger charge is 2.23. The largest absolute Gasteiger partial charge is 0.309 e. The summed E-state index contributed by atoms with van der Waals surface area (Å²) in [5, 5.41) is 25.3. The fraction of sp³-hybridized carbons (Fsp3) is 0. The predicted octanol–water partition coefficient (Wildman–Crippen LogP) is 36.0. The van der Waals surface area contributed by atoms with E-state index in [1.165, 1.54) is 241 Å². The molecule has 4 heteroatoms. The van der Waals surface area contributed by atoms with Crippen molar-refractivity contribution in [3.8, 4) is 112 Å². The van der Waals surface area contributed by atoms with E-state index in [9.17, 15) is 0 Å². The van der Waals surface area contributed by atoms with Gasteiger partial charge in [-0.1, -0.05) is 376 Å². The maximum atomic E-state index is 2.44. The molecular weight excluding hydrogens is 1640 g/mol. The SMILES string of the molecule is c1ccc(-c2ccc(-c3ccc(-n4c5ccccc5c5cc(-c6ccc7c(c6)c6ccccc6n7-c6ccc(-c7cc8ccc9ccccc9c8c8ccccc78)cc6)ccc54)cc3)cc2)cc1.c1ccc(-c2ccc(-c3ccc(-n4c5ccccc5c5cc(-c6ccc7c(c6)c6ccccc6n7-c6cccc(-c7cc8ccc9ccccc9c8c8ccccc78)c6)ccc54)cc3)cc2)cc1. The van der Waals surface area contributed by atoms with Crippen LogP contribution in [0.4, 0.5) is 0 Å². The van der Waals surface area contributed by atoms with E-state index in [1.54, 1.807) is 0 Å². The first-order chi connectivity index (χ1) is 67.4. The smallest absolute Gasteiger partial charge is 0.0541 e. The van der Waals surface area contributed by atoms with E-state index in [2.05, 4.69) is 528 Å². The van der Waals surface area contributed by atoms with E-state index in [0.717, 1.165) is 22.7 Å². The molecule has 136 heavy (non-hydrogen) atoms. The van der Waals surface area contributed by atoms with Gasteiger partial charge in [0.25, 0.3) is 0 Å². The van der Waals surface area contributed by atoms with E-state index in [4.69, 9.17) is 0 Å². The lowest BCUT2D eigenvalue weighted by atomic mass is 9.90. The average molecular weight is 1730 g/mol. The summed E-state index contributed by atoms with van der Waals surface area (Å²) in [5.74, 6) is 0. The van der Waals surface area contributed by atoms with Gasteiger partial charge in [0, 0.05) is 65.8 Å². The maximum absolute atomic E-state index is 2.44. The van der Waals surface area contributed by atoms with Crippen LogP contribution in [-0.4, -0.2) is 18.3 Å². The van der Waals surface area contributed by atoms with Crippen molar-refractivity contribution in [1.29, 1.82) is 0 Å². The second-order valence-electron chi connectivity index (χ2n) is 36.1. The van der Waals surface area contributed by atoms with E-state index >= 15 is 0 Å². The van der Waals surface area contributed by atoms with Crippen molar-refractivity contribution in [1.82, 2.24) is 18.3 Å². The molecule has 0 atom stereocenters. The lowest BCUT2D eigenvalue weighted by Gasteiger charge is -2.15. The van der Waals surface area contributed by atoms with E-state index in [-0.39, 0.29) is 0 Å². The van der Waals surface area contributed by atoms with Gasteiger partial charge < -0.3 is 18.3 Å². The highest BCUT2D eigenvalue weighted by Crippen LogP contribution is 2.47. The minimum absolute atomic E-state index is 1.15. The quantitative estimate of drug-likeness (QED) is 0.109. The van der Waals surface area contributed by atoms with Gasteiger partial charge in [-0.05, 0) is 287 Å². The van der Waals surface area contributed by atoms with Gasteiger partial charge in [0.2, 0.25) is 0 Å². The highest BCUT2D eigenvalue weighted by atomic mass is 15.0. The summed E-state index contributed by atoms with van der Waals surface area (Å²) in [6, 6.07) is 187. The van der Waals surface area contributed by atoms with Gasteiger partial charge in [-0.2, -0.15) is 0 Å². The van der Waals surface area contributed by atoms with Crippen molar-refractivity contribution in [3.63, 3.8) is 0 Å². The molecule has 0 fully saturated rings. The second kappa shape index (κ2) is 32.0.